The fourth-order valence-electron chi connectivity index (χ4n) is 2.89. The van der Waals surface area contributed by atoms with Gasteiger partial charge in [0.2, 0.25) is 5.95 Å². The first-order valence-corrected chi connectivity index (χ1v) is 8.41. The molecule has 4 aromatic rings. The van der Waals surface area contributed by atoms with Crippen molar-refractivity contribution in [3.63, 3.8) is 0 Å². The molecule has 0 atom stereocenters. The summed E-state index contributed by atoms with van der Waals surface area (Å²) in [6.45, 7) is 4.79. The van der Waals surface area contributed by atoms with Crippen LogP contribution in [0.4, 0.5) is 10.3 Å². The number of imidazole rings is 1. The van der Waals surface area contributed by atoms with E-state index in [-0.39, 0.29) is 12.3 Å². The predicted molar refractivity (Wildman–Crippen MR) is 97.3 cm³/mol. The normalized spacial score (nSPS) is 11.7. The molecule has 4 aromatic heterocycles. The minimum Gasteiger partial charge on any atom is -0.390 e. The number of pyridine rings is 1. The van der Waals surface area contributed by atoms with Crippen molar-refractivity contribution >= 4 is 22.6 Å². The number of aromatic amines is 1. The van der Waals surface area contributed by atoms with Gasteiger partial charge in [-0.25, -0.2) is 14.4 Å². The second-order valence-corrected chi connectivity index (χ2v) is 6.61. The lowest BCUT2D eigenvalue weighted by atomic mass is 10.1. The van der Waals surface area contributed by atoms with Gasteiger partial charge in [0.15, 0.2) is 11.5 Å². The molecule has 134 valence electrons. The summed E-state index contributed by atoms with van der Waals surface area (Å²) in [5, 5.41) is 13.4. The molecule has 0 amide bonds. The zero-order valence-corrected chi connectivity index (χ0v) is 14.5. The number of aromatic nitrogens is 5. The number of aliphatic hydroxyl groups excluding tert-OH is 1. The van der Waals surface area contributed by atoms with Crippen LogP contribution in [0.3, 0.4) is 0 Å². The maximum atomic E-state index is 14.4. The number of rotatable bonds is 5. The number of halogens is 1. The molecule has 0 spiro atoms. The Morgan fingerprint density at radius 2 is 2.15 bits per heavy atom. The summed E-state index contributed by atoms with van der Waals surface area (Å²) in [7, 11) is 0. The Labute approximate surface area is 148 Å². The van der Waals surface area contributed by atoms with Gasteiger partial charge in [0.1, 0.15) is 5.65 Å². The predicted octanol–water partition coefficient (Wildman–Crippen LogP) is 2.97. The van der Waals surface area contributed by atoms with Crippen LogP contribution >= 0.6 is 0 Å². The van der Waals surface area contributed by atoms with Crippen molar-refractivity contribution in [1.82, 2.24) is 24.3 Å². The number of fused-ring (bicyclic) bond motifs is 2. The smallest absolute Gasteiger partial charge is 0.224 e. The summed E-state index contributed by atoms with van der Waals surface area (Å²) in [5.74, 6) is 0.588. The average molecular weight is 354 g/mol. The van der Waals surface area contributed by atoms with Crippen molar-refractivity contribution in [2.75, 3.05) is 11.9 Å². The number of aliphatic hydroxyl groups is 1. The minimum absolute atomic E-state index is 0.189. The van der Waals surface area contributed by atoms with E-state index in [1.54, 1.807) is 23.0 Å². The first kappa shape index (κ1) is 16.5. The molecule has 4 heterocycles. The van der Waals surface area contributed by atoms with Crippen LogP contribution < -0.4 is 5.32 Å². The standard InChI is InChI=1S/C18H19FN6O/c1-10(2)4-22-18-23-7-14-13(6-20-16(14)24-18)11-3-15(19)17-21-5-12(9-26)25(17)8-11/h3,5-8,10,26H,4,9H2,1-2H3,(H2,20,22,23,24). The van der Waals surface area contributed by atoms with Crippen molar-refractivity contribution in [2.24, 2.45) is 5.92 Å². The van der Waals surface area contributed by atoms with Gasteiger partial charge in [0.25, 0.3) is 0 Å². The second kappa shape index (κ2) is 6.38. The number of H-pyrrole nitrogens is 1. The van der Waals surface area contributed by atoms with Gasteiger partial charge in [-0.1, -0.05) is 13.8 Å². The highest BCUT2D eigenvalue weighted by atomic mass is 19.1. The molecule has 26 heavy (non-hydrogen) atoms. The summed E-state index contributed by atoms with van der Waals surface area (Å²) < 4.78 is 16.0. The lowest BCUT2D eigenvalue weighted by molar-refractivity contribution is 0.276. The van der Waals surface area contributed by atoms with E-state index < -0.39 is 5.82 Å². The Hall–Kier alpha value is -3.00. The molecule has 0 aliphatic rings. The van der Waals surface area contributed by atoms with Gasteiger partial charge in [-0.05, 0) is 12.0 Å². The van der Waals surface area contributed by atoms with Crippen molar-refractivity contribution in [3.05, 3.63) is 42.4 Å². The largest absolute Gasteiger partial charge is 0.390 e. The van der Waals surface area contributed by atoms with E-state index >= 15 is 0 Å². The number of hydrogen-bond donors (Lipinski definition) is 3. The van der Waals surface area contributed by atoms with E-state index in [1.165, 1.54) is 12.3 Å². The molecular formula is C18H19FN6O. The Morgan fingerprint density at radius 1 is 1.31 bits per heavy atom. The van der Waals surface area contributed by atoms with Crippen LogP contribution in [0.2, 0.25) is 0 Å². The van der Waals surface area contributed by atoms with Gasteiger partial charge in [0, 0.05) is 41.6 Å². The highest BCUT2D eigenvalue weighted by Gasteiger charge is 2.14. The van der Waals surface area contributed by atoms with Gasteiger partial charge in [0.05, 0.1) is 18.5 Å². The lowest BCUT2D eigenvalue weighted by Gasteiger charge is -2.07. The Kier molecular flexibility index (Phi) is 4.04. The maximum Gasteiger partial charge on any atom is 0.224 e. The number of nitrogens with one attached hydrogen (secondary N) is 2. The number of hydrogen-bond acceptors (Lipinski definition) is 5. The molecule has 0 bridgehead atoms. The fourth-order valence-corrected chi connectivity index (χ4v) is 2.89. The molecule has 0 aliphatic carbocycles. The Balaban J connectivity index is 1.78. The third-order valence-electron chi connectivity index (χ3n) is 4.21. The van der Waals surface area contributed by atoms with Gasteiger partial charge < -0.3 is 15.4 Å². The average Bonchev–Trinajstić information content (AvgIpc) is 3.23. The van der Waals surface area contributed by atoms with Crippen molar-refractivity contribution in [1.29, 1.82) is 0 Å². The summed E-state index contributed by atoms with van der Waals surface area (Å²) >= 11 is 0. The van der Waals surface area contributed by atoms with E-state index in [4.69, 9.17) is 0 Å². The first-order valence-electron chi connectivity index (χ1n) is 8.41. The molecule has 7 nitrogen and oxygen atoms in total. The number of anilines is 1. The van der Waals surface area contributed by atoms with E-state index in [0.29, 0.717) is 28.8 Å². The summed E-state index contributed by atoms with van der Waals surface area (Å²) in [6, 6.07) is 1.43. The highest BCUT2D eigenvalue weighted by molar-refractivity contribution is 5.93. The van der Waals surface area contributed by atoms with Gasteiger partial charge in [-0.2, -0.15) is 4.98 Å². The van der Waals surface area contributed by atoms with Crippen LogP contribution in [0.25, 0.3) is 27.8 Å². The SMILES string of the molecule is CC(C)CNc1ncc2c(-c3cc(F)c4ncc(CO)n4c3)c[nH]c2n1. The molecule has 0 aromatic carbocycles. The van der Waals surface area contributed by atoms with Crippen LogP contribution in [0, 0.1) is 11.7 Å². The van der Waals surface area contributed by atoms with E-state index in [9.17, 15) is 9.50 Å². The van der Waals surface area contributed by atoms with Crippen LogP contribution in [0.15, 0.2) is 30.9 Å². The molecular weight excluding hydrogens is 335 g/mol. The van der Waals surface area contributed by atoms with E-state index in [2.05, 4.69) is 39.1 Å². The first-order chi connectivity index (χ1) is 12.6. The quantitative estimate of drug-likeness (QED) is 0.512. The molecule has 8 heteroatoms. The third kappa shape index (κ3) is 2.78. The molecule has 0 radical (unpaired) electrons. The summed E-state index contributed by atoms with van der Waals surface area (Å²) in [4.78, 5) is 15.9. The Bertz CT molecular complexity index is 1080. The molecule has 0 fully saturated rings. The lowest BCUT2D eigenvalue weighted by Crippen LogP contribution is -2.10. The number of nitrogens with zero attached hydrogens (tertiary/aromatic N) is 4. The second-order valence-electron chi connectivity index (χ2n) is 6.61. The topological polar surface area (TPSA) is 91.1 Å². The van der Waals surface area contributed by atoms with Gasteiger partial charge in [-0.3, -0.25) is 4.40 Å². The zero-order valence-electron chi connectivity index (χ0n) is 14.5. The van der Waals surface area contributed by atoms with E-state index in [1.807, 2.05) is 0 Å². The van der Waals surface area contributed by atoms with Crippen LogP contribution in [0.5, 0.6) is 0 Å². The van der Waals surface area contributed by atoms with Crippen LogP contribution in [-0.4, -0.2) is 36.0 Å². The van der Waals surface area contributed by atoms with Gasteiger partial charge in [-0.15, -0.1) is 0 Å². The highest BCUT2D eigenvalue weighted by Crippen LogP contribution is 2.29. The minimum atomic E-state index is -0.451. The van der Waals surface area contributed by atoms with Crippen molar-refractivity contribution < 1.29 is 9.50 Å². The van der Waals surface area contributed by atoms with Gasteiger partial charge >= 0.3 is 0 Å². The van der Waals surface area contributed by atoms with Crippen molar-refractivity contribution in [2.45, 2.75) is 20.5 Å². The molecule has 0 saturated heterocycles. The van der Waals surface area contributed by atoms with Crippen LogP contribution in [-0.2, 0) is 6.61 Å². The van der Waals surface area contributed by atoms with Crippen molar-refractivity contribution in [3.8, 4) is 11.1 Å². The van der Waals surface area contributed by atoms with E-state index in [0.717, 1.165) is 17.5 Å². The molecule has 0 saturated carbocycles. The zero-order chi connectivity index (χ0) is 18.3. The van der Waals surface area contributed by atoms with Crippen LogP contribution in [0.1, 0.15) is 19.5 Å². The molecule has 0 unspecified atom stereocenters. The molecule has 3 N–H and O–H groups in total. The fraction of sp³-hybridized carbons (Fsp3) is 0.278. The molecule has 0 aliphatic heterocycles. The molecule has 4 rings (SSSR count). The Morgan fingerprint density at radius 3 is 2.92 bits per heavy atom. The summed E-state index contributed by atoms with van der Waals surface area (Å²) in [6.07, 6.45) is 6.72. The summed E-state index contributed by atoms with van der Waals surface area (Å²) in [5.41, 5.74) is 2.83. The third-order valence-corrected chi connectivity index (χ3v) is 4.21. The maximum absolute atomic E-state index is 14.4. The monoisotopic (exact) mass is 354 g/mol.